The van der Waals surface area contributed by atoms with Crippen LogP contribution in [0.15, 0.2) is 54.6 Å². The van der Waals surface area contributed by atoms with Crippen molar-refractivity contribution < 1.29 is 14.6 Å². The molecule has 0 unspecified atom stereocenters. The Morgan fingerprint density at radius 2 is 1.89 bits per heavy atom. The number of aliphatic carboxylic acids is 1. The summed E-state index contributed by atoms with van der Waals surface area (Å²) in [5, 5.41) is 9.03. The minimum Gasteiger partial charge on any atom is -0.482 e. The maximum Gasteiger partial charge on any atom is 0.317 e. The number of ether oxygens (including phenoxy) is 1. The van der Waals surface area contributed by atoms with Crippen LogP contribution < -0.4 is 4.74 Å². The molecular weight excluding hydrogens is 362 g/mol. The molecule has 4 nitrogen and oxygen atoms in total. The molecule has 5 heteroatoms. The largest absolute Gasteiger partial charge is 0.482 e. The Balaban J connectivity index is 0.00000210. The predicted octanol–water partition coefficient (Wildman–Crippen LogP) is 4.16. The Bertz CT molecular complexity index is 869. The molecule has 2 aromatic carbocycles. The Morgan fingerprint density at radius 1 is 1.15 bits per heavy atom. The van der Waals surface area contributed by atoms with Crippen LogP contribution in [0.2, 0.25) is 0 Å². The number of carboxylic acid groups (broad SMARTS) is 1. The maximum absolute atomic E-state index is 11.0. The minimum absolute atomic E-state index is 0. The van der Waals surface area contributed by atoms with Crippen LogP contribution in [0.1, 0.15) is 29.5 Å². The molecule has 0 bridgehead atoms. The number of likely N-dealkylation sites (tertiary alicyclic amines) is 1. The van der Waals surface area contributed by atoms with Crippen molar-refractivity contribution in [1.82, 2.24) is 4.90 Å². The monoisotopic (exact) mass is 385 g/mol. The van der Waals surface area contributed by atoms with Crippen LogP contribution in [0, 0.1) is 6.92 Å². The van der Waals surface area contributed by atoms with Gasteiger partial charge in [-0.25, -0.2) is 0 Å². The number of piperidine rings is 1. The van der Waals surface area contributed by atoms with E-state index in [1.165, 1.54) is 16.7 Å². The van der Waals surface area contributed by atoms with Crippen molar-refractivity contribution in [2.45, 2.75) is 25.4 Å². The van der Waals surface area contributed by atoms with E-state index >= 15 is 0 Å². The first-order valence-corrected chi connectivity index (χ1v) is 9.07. The number of halogens is 1. The van der Waals surface area contributed by atoms with Crippen molar-refractivity contribution in [2.24, 2.45) is 0 Å². The van der Waals surface area contributed by atoms with Gasteiger partial charge in [-0.1, -0.05) is 48.0 Å². The highest BCUT2D eigenvalue weighted by Gasteiger charge is 2.39. The number of aryl methyl sites for hydroxylation is 1. The summed E-state index contributed by atoms with van der Waals surface area (Å²) in [6.07, 6.45) is 3.86. The molecule has 0 amide bonds. The zero-order chi connectivity index (χ0) is 18.1. The third-order valence-electron chi connectivity index (χ3n) is 5.29. The smallest absolute Gasteiger partial charge is 0.317 e. The van der Waals surface area contributed by atoms with Crippen molar-refractivity contribution in [3.05, 3.63) is 71.3 Å². The average molecular weight is 386 g/mol. The summed E-state index contributed by atoms with van der Waals surface area (Å²) in [5.41, 5.74) is 4.41. The topological polar surface area (TPSA) is 49.8 Å². The van der Waals surface area contributed by atoms with Crippen molar-refractivity contribution in [3.8, 4) is 5.75 Å². The van der Waals surface area contributed by atoms with E-state index in [9.17, 15) is 4.79 Å². The summed E-state index contributed by atoms with van der Waals surface area (Å²) in [6, 6.07) is 16.7. The molecule has 0 atom stereocenters. The number of hydrogen-bond acceptors (Lipinski definition) is 3. The third-order valence-corrected chi connectivity index (χ3v) is 5.29. The van der Waals surface area contributed by atoms with Gasteiger partial charge in [-0.05, 0) is 30.2 Å². The predicted molar refractivity (Wildman–Crippen MR) is 109 cm³/mol. The first-order valence-electron chi connectivity index (χ1n) is 9.07. The summed E-state index contributed by atoms with van der Waals surface area (Å²) >= 11 is 0. The van der Waals surface area contributed by atoms with Gasteiger partial charge in [0.15, 0.2) is 0 Å². The number of fused-ring (bicyclic) bond motifs is 1. The lowest BCUT2D eigenvalue weighted by atomic mass is 9.82. The van der Waals surface area contributed by atoms with Gasteiger partial charge in [0, 0.05) is 31.5 Å². The highest BCUT2D eigenvalue weighted by Crippen LogP contribution is 2.43. The van der Waals surface area contributed by atoms with E-state index in [0.717, 1.165) is 37.2 Å². The molecule has 2 aliphatic heterocycles. The first kappa shape index (κ1) is 19.5. The van der Waals surface area contributed by atoms with Gasteiger partial charge in [0.2, 0.25) is 0 Å². The van der Waals surface area contributed by atoms with Gasteiger partial charge >= 0.3 is 5.97 Å². The number of hydrogen-bond donors (Lipinski definition) is 1. The Labute approximate surface area is 165 Å². The summed E-state index contributed by atoms with van der Waals surface area (Å²) in [5.74, 6) is 0.144. The Kier molecular flexibility index (Phi) is 5.59. The lowest BCUT2D eigenvalue weighted by molar-refractivity contribution is -0.139. The van der Waals surface area contributed by atoms with Crippen LogP contribution in [0.25, 0.3) is 5.57 Å². The molecule has 27 heavy (non-hydrogen) atoms. The quantitative estimate of drug-likeness (QED) is 0.861. The lowest BCUT2D eigenvalue weighted by Gasteiger charge is -2.42. The molecule has 1 fully saturated rings. The number of carboxylic acids is 1. The number of carbonyl (C=O) groups is 1. The van der Waals surface area contributed by atoms with Crippen LogP contribution in [-0.4, -0.2) is 41.2 Å². The van der Waals surface area contributed by atoms with Crippen LogP contribution in [-0.2, 0) is 4.79 Å². The van der Waals surface area contributed by atoms with Crippen molar-refractivity contribution in [1.29, 1.82) is 0 Å². The van der Waals surface area contributed by atoms with E-state index in [1.54, 1.807) is 0 Å². The van der Waals surface area contributed by atoms with E-state index in [1.807, 2.05) is 23.1 Å². The number of benzene rings is 2. The summed E-state index contributed by atoms with van der Waals surface area (Å²) in [7, 11) is 0. The van der Waals surface area contributed by atoms with Crippen LogP contribution in [0.3, 0.4) is 0 Å². The molecule has 1 spiro atoms. The molecule has 0 radical (unpaired) electrons. The Hall–Kier alpha value is -2.30. The molecule has 0 saturated carbocycles. The van der Waals surface area contributed by atoms with Crippen LogP contribution in [0.4, 0.5) is 0 Å². The summed E-state index contributed by atoms with van der Waals surface area (Å²) < 4.78 is 6.45. The Morgan fingerprint density at radius 3 is 2.59 bits per heavy atom. The van der Waals surface area contributed by atoms with Gasteiger partial charge in [0.1, 0.15) is 11.4 Å². The molecule has 0 aliphatic carbocycles. The second-order valence-corrected chi connectivity index (χ2v) is 7.26. The first-order chi connectivity index (χ1) is 12.5. The standard InChI is InChI=1S/C22H23NO3.ClH/c1-16-5-4-6-17(13-16)19-14-22(26-20-8-3-2-7-18(19)20)9-11-23(12-10-22)15-21(24)25;/h2-8,13-14H,9-12,15H2,1H3,(H,24,25);1H. The molecule has 2 aliphatic rings. The average Bonchev–Trinajstić information content (AvgIpc) is 2.63. The van der Waals surface area contributed by atoms with Crippen LogP contribution >= 0.6 is 12.4 Å². The van der Waals surface area contributed by atoms with Crippen LogP contribution in [0.5, 0.6) is 5.75 Å². The van der Waals surface area contributed by atoms with E-state index in [-0.39, 0.29) is 24.6 Å². The van der Waals surface area contributed by atoms with Gasteiger partial charge < -0.3 is 9.84 Å². The third kappa shape index (κ3) is 4.02. The van der Waals surface area contributed by atoms with E-state index in [0.29, 0.717) is 0 Å². The van der Waals surface area contributed by atoms with Gasteiger partial charge in [-0.15, -0.1) is 12.4 Å². The van der Waals surface area contributed by atoms with E-state index < -0.39 is 5.97 Å². The number of para-hydroxylation sites is 1. The maximum atomic E-state index is 11.0. The molecule has 142 valence electrons. The zero-order valence-electron chi connectivity index (χ0n) is 15.4. The highest BCUT2D eigenvalue weighted by atomic mass is 35.5. The minimum atomic E-state index is -0.771. The molecule has 1 saturated heterocycles. The van der Waals surface area contributed by atoms with Crippen molar-refractivity contribution in [2.75, 3.05) is 19.6 Å². The second kappa shape index (κ2) is 7.75. The molecule has 4 rings (SSSR count). The second-order valence-electron chi connectivity index (χ2n) is 7.26. The number of rotatable bonds is 3. The summed E-state index contributed by atoms with van der Waals surface area (Å²) in [6.45, 7) is 3.66. The molecule has 2 aromatic rings. The van der Waals surface area contributed by atoms with Crippen molar-refractivity contribution in [3.63, 3.8) is 0 Å². The normalized spacial score (nSPS) is 18.0. The van der Waals surface area contributed by atoms with Gasteiger partial charge in [-0.2, -0.15) is 0 Å². The van der Waals surface area contributed by atoms with E-state index in [4.69, 9.17) is 9.84 Å². The fourth-order valence-corrected chi connectivity index (χ4v) is 3.95. The summed E-state index contributed by atoms with van der Waals surface area (Å²) in [4.78, 5) is 13.0. The van der Waals surface area contributed by atoms with Gasteiger partial charge in [0.05, 0.1) is 6.54 Å². The fourth-order valence-electron chi connectivity index (χ4n) is 3.95. The molecule has 2 heterocycles. The van der Waals surface area contributed by atoms with Crippen molar-refractivity contribution >= 4 is 23.9 Å². The van der Waals surface area contributed by atoms with Gasteiger partial charge in [-0.3, -0.25) is 9.69 Å². The molecule has 1 N–H and O–H groups in total. The molecule has 0 aromatic heterocycles. The zero-order valence-corrected chi connectivity index (χ0v) is 16.2. The molecular formula is C22H24ClNO3. The fraction of sp³-hybridized carbons (Fsp3) is 0.318. The van der Waals surface area contributed by atoms with Gasteiger partial charge in [0.25, 0.3) is 0 Å². The highest BCUT2D eigenvalue weighted by molar-refractivity contribution is 5.85. The number of nitrogens with zero attached hydrogens (tertiary/aromatic N) is 1. The lowest BCUT2D eigenvalue weighted by Crippen LogP contribution is -2.49. The van der Waals surface area contributed by atoms with E-state index in [2.05, 4.69) is 43.3 Å². The SMILES string of the molecule is Cc1cccc(C2=CC3(CCN(CC(=O)O)CC3)Oc3ccccc32)c1.Cl.